The van der Waals surface area contributed by atoms with Gasteiger partial charge in [0.2, 0.25) is 5.91 Å². The lowest BCUT2D eigenvalue weighted by atomic mass is 9.73. The van der Waals surface area contributed by atoms with Crippen LogP contribution < -0.4 is 5.32 Å². The highest BCUT2D eigenvalue weighted by atomic mass is 16.2. The standard InChI is InChI=1S/C15H28N2O/c1-12-6-5-9-17(11-12)14(18)15(2,3)13-7-4-8-16-10-13/h12-13,16H,4-11H2,1-3H3. The van der Waals surface area contributed by atoms with Crippen molar-refractivity contribution in [3.05, 3.63) is 0 Å². The van der Waals surface area contributed by atoms with E-state index in [9.17, 15) is 4.79 Å². The number of piperidine rings is 2. The number of rotatable bonds is 2. The van der Waals surface area contributed by atoms with Crippen molar-refractivity contribution in [1.29, 1.82) is 0 Å². The fraction of sp³-hybridized carbons (Fsp3) is 0.933. The second-order valence-electron chi connectivity index (χ2n) is 6.76. The molecule has 3 nitrogen and oxygen atoms in total. The quantitative estimate of drug-likeness (QED) is 0.817. The number of nitrogens with one attached hydrogen (secondary N) is 1. The van der Waals surface area contributed by atoms with Gasteiger partial charge in [-0.2, -0.15) is 0 Å². The largest absolute Gasteiger partial charge is 0.342 e. The highest BCUT2D eigenvalue weighted by molar-refractivity contribution is 5.82. The molecule has 1 amide bonds. The third kappa shape index (κ3) is 2.87. The molecule has 0 aromatic heterocycles. The van der Waals surface area contributed by atoms with Crippen LogP contribution in [0.15, 0.2) is 0 Å². The van der Waals surface area contributed by atoms with Crippen molar-refractivity contribution < 1.29 is 4.79 Å². The van der Waals surface area contributed by atoms with Crippen LogP contribution in [0, 0.1) is 17.3 Å². The van der Waals surface area contributed by atoms with Gasteiger partial charge in [-0.25, -0.2) is 0 Å². The third-order valence-electron chi connectivity index (χ3n) is 4.81. The van der Waals surface area contributed by atoms with Crippen LogP contribution in [0.5, 0.6) is 0 Å². The van der Waals surface area contributed by atoms with Gasteiger partial charge in [0.25, 0.3) is 0 Å². The molecular weight excluding hydrogens is 224 g/mol. The maximum absolute atomic E-state index is 12.8. The van der Waals surface area contributed by atoms with Gasteiger partial charge in [0, 0.05) is 18.5 Å². The number of likely N-dealkylation sites (tertiary alicyclic amines) is 1. The molecule has 2 saturated heterocycles. The van der Waals surface area contributed by atoms with Crippen LogP contribution in [0.2, 0.25) is 0 Å². The zero-order chi connectivity index (χ0) is 13.2. The minimum Gasteiger partial charge on any atom is -0.342 e. The Bertz CT molecular complexity index is 295. The molecule has 2 aliphatic rings. The number of carbonyl (C=O) groups excluding carboxylic acids is 1. The third-order valence-corrected chi connectivity index (χ3v) is 4.81. The highest BCUT2D eigenvalue weighted by Gasteiger charge is 2.40. The Balaban J connectivity index is 2.01. The first-order valence-corrected chi connectivity index (χ1v) is 7.52. The second kappa shape index (κ2) is 5.60. The fourth-order valence-corrected chi connectivity index (χ4v) is 3.42. The first kappa shape index (κ1) is 13.9. The second-order valence-corrected chi connectivity index (χ2v) is 6.76. The van der Waals surface area contributed by atoms with Crippen LogP contribution >= 0.6 is 0 Å². The molecule has 1 N–H and O–H groups in total. The molecule has 0 aliphatic carbocycles. The minimum absolute atomic E-state index is 0.204. The first-order valence-electron chi connectivity index (χ1n) is 7.52. The summed E-state index contributed by atoms with van der Waals surface area (Å²) in [5, 5.41) is 3.44. The van der Waals surface area contributed by atoms with Gasteiger partial charge in [-0.05, 0) is 50.6 Å². The maximum Gasteiger partial charge on any atom is 0.228 e. The van der Waals surface area contributed by atoms with E-state index in [4.69, 9.17) is 0 Å². The van der Waals surface area contributed by atoms with Crippen molar-refractivity contribution in [2.45, 2.75) is 46.5 Å². The van der Waals surface area contributed by atoms with Crippen molar-refractivity contribution in [2.75, 3.05) is 26.2 Å². The lowest BCUT2D eigenvalue weighted by Gasteiger charge is -2.41. The van der Waals surface area contributed by atoms with Crippen molar-refractivity contribution >= 4 is 5.91 Å². The molecule has 3 heteroatoms. The van der Waals surface area contributed by atoms with Crippen molar-refractivity contribution in [2.24, 2.45) is 17.3 Å². The van der Waals surface area contributed by atoms with Gasteiger partial charge in [-0.3, -0.25) is 4.79 Å². The smallest absolute Gasteiger partial charge is 0.228 e. The van der Waals surface area contributed by atoms with Gasteiger partial charge in [-0.15, -0.1) is 0 Å². The molecule has 0 spiro atoms. The van der Waals surface area contributed by atoms with Gasteiger partial charge in [0.15, 0.2) is 0 Å². The number of hydrogen-bond acceptors (Lipinski definition) is 2. The van der Waals surface area contributed by atoms with Crippen molar-refractivity contribution in [3.63, 3.8) is 0 Å². The molecule has 2 fully saturated rings. The van der Waals surface area contributed by atoms with E-state index in [0.717, 1.165) is 26.2 Å². The van der Waals surface area contributed by atoms with E-state index >= 15 is 0 Å². The summed E-state index contributed by atoms with van der Waals surface area (Å²) in [5.41, 5.74) is -0.204. The Morgan fingerprint density at radius 2 is 2.06 bits per heavy atom. The van der Waals surface area contributed by atoms with E-state index in [-0.39, 0.29) is 5.41 Å². The molecule has 0 saturated carbocycles. The molecule has 2 atom stereocenters. The summed E-state index contributed by atoms with van der Waals surface area (Å²) in [4.78, 5) is 14.9. The average molecular weight is 252 g/mol. The predicted octanol–water partition coefficient (Wildman–Crippen LogP) is 2.27. The molecule has 2 aliphatic heterocycles. The van der Waals surface area contributed by atoms with Gasteiger partial charge < -0.3 is 10.2 Å². The van der Waals surface area contributed by atoms with E-state index in [1.807, 2.05) is 0 Å². The Morgan fingerprint density at radius 3 is 2.67 bits per heavy atom. The predicted molar refractivity (Wildman–Crippen MR) is 74.4 cm³/mol. The van der Waals surface area contributed by atoms with Crippen LogP contribution in [0.25, 0.3) is 0 Å². The van der Waals surface area contributed by atoms with E-state index < -0.39 is 0 Å². The molecule has 2 heterocycles. The molecule has 18 heavy (non-hydrogen) atoms. The van der Waals surface area contributed by atoms with Crippen LogP contribution in [0.4, 0.5) is 0 Å². The summed E-state index contributed by atoms with van der Waals surface area (Å²) < 4.78 is 0. The number of hydrogen-bond donors (Lipinski definition) is 1. The van der Waals surface area contributed by atoms with Crippen LogP contribution in [0.3, 0.4) is 0 Å². The Labute approximate surface area is 111 Å². The van der Waals surface area contributed by atoms with Gasteiger partial charge in [0.05, 0.1) is 0 Å². The molecule has 2 unspecified atom stereocenters. The lowest BCUT2D eigenvalue weighted by Crippen LogP contribution is -2.51. The molecular formula is C15H28N2O. The monoisotopic (exact) mass is 252 g/mol. The fourth-order valence-electron chi connectivity index (χ4n) is 3.42. The van der Waals surface area contributed by atoms with Crippen LogP contribution in [-0.4, -0.2) is 37.0 Å². The Morgan fingerprint density at radius 1 is 1.28 bits per heavy atom. The van der Waals surface area contributed by atoms with E-state index in [1.54, 1.807) is 0 Å². The average Bonchev–Trinajstić information content (AvgIpc) is 2.39. The zero-order valence-corrected chi connectivity index (χ0v) is 12.2. The van der Waals surface area contributed by atoms with Crippen molar-refractivity contribution in [3.8, 4) is 0 Å². The molecule has 0 bridgehead atoms. The highest BCUT2D eigenvalue weighted by Crippen LogP contribution is 2.34. The van der Waals surface area contributed by atoms with Gasteiger partial charge >= 0.3 is 0 Å². The summed E-state index contributed by atoms with van der Waals surface area (Å²) in [7, 11) is 0. The summed E-state index contributed by atoms with van der Waals surface area (Å²) in [5.74, 6) is 1.54. The summed E-state index contributed by atoms with van der Waals surface area (Å²) in [6.45, 7) is 10.6. The Hall–Kier alpha value is -0.570. The lowest BCUT2D eigenvalue weighted by molar-refractivity contribution is -0.145. The number of carbonyl (C=O) groups is 1. The summed E-state index contributed by atoms with van der Waals surface area (Å²) in [6.07, 6.45) is 4.84. The van der Waals surface area contributed by atoms with Crippen molar-refractivity contribution in [1.82, 2.24) is 10.2 Å². The van der Waals surface area contributed by atoms with E-state index in [2.05, 4.69) is 31.0 Å². The minimum atomic E-state index is -0.204. The molecule has 0 aromatic rings. The summed E-state index contributed by atoms with van der Waals surface area (Å²) in [6, 6.07) is 0. The molecule has 0 radical (unpaired) electrons. The Kier molecular flexibility index (Phi) is 4.31. The molecule has 2 rings (SSSR count). The SMILES string of the molecule is CC1CCCN(C(=O)C(C)(C)C2CCCNC2)C1. The number of amides is 1. The van der Waals surface area contributed by atoms with Gasteiger partial charge in [-0.1, -0.05) is 20.8 Å². The summed E-state index contributed by atoms with van der Waals surface area (Å²) >= 11 is 0. The molecule has 104 valence electrons. The van der Waals surface area contributed by atoms with E-state index in [0.29, 0.717) is 17.7 Å². The molecule has 0 aromatic carbocycles. The topological polar surface area (TPSA) is 32.3 Å². The maximum atomic E-state index is 12.8. The van der Waals surface area contributed by atoms with Gasteiger partial charge in [0.1, 0.15) is 0 Å². The number of nitrogens with zero attached hydrogens (tertiary/aromatic N) is 1. The van der Waals surface area contributed by atoms with Crippen LogP contribution in [0.1, 0.15) is 46.5 Å². The normalized spacial score (nSPS) is 30.3. The van der Waals surface area contributed by atoms with Crippen LogP contribution in [-0.2, 0) is 4.79 Å². The zero-order valence-electron chi connectivity index (χ0n) is 12.2. The first-order chi connectivity index (χ1) is 8.51. The van der Waals surface area contributed by atoms with E-state index in [1.165, 1.54) is 25.7 Å².